The Bertz CT molecular complexity index is 608. The van der Waals surface area contributed by atoms with E-state index in [1.54, 1.807) is 24.3 Å². The summed E-state index contributed by atoms with van der Waals surface area (Å²) < 4.78 is 17.5. The minimum Gasteiger partial charge on any atom is -0.481 e. The minimum absolute atomic E-state index is 0.0303. The van der Waals surface area contributed by atoms with E-state index in [0.717, 1.165) is 5.56 Å². The van der Waals surface area contributed by atoms with Crippen LogP contribution in [0.25, 0.3) is 0 Å². The Morgan fingerprint density at radius 1 is 1.00 bits per heavy atom. The highest BCUT2D eigenvalue weighted by Gasteiger charge is 2.06. The molecule has 0 aliphatic carbocycles. The van der Waals surface area contributed by atoms with Crippen LogP contribution in [-0.4, -0.2) is 21.2 Å². The van der Waals surface area contributed by atoms with Gasteiger partial charge in [-0.2, -0.15) is 0 Å². The molecule has 21 heavy (non-hydrogen) atoms. The van der Waals surface area contributed by atoms with E-state index in [4.69, 9.17) is 9.84 Å². The molecule has 0 saturated carbocycles. The summed E-state index contributed by atoms with van der Waals surface area (Å²) in [4.78, 5) is 11.2. The van der Waals surface area contributed by atoms with Gasteiger partial charge in [0.1, 0.15) is 5.94 Å². The summed E-state index contributed by atoms with van der Waals surface area (Å²) in [6, 6.07) is 16.4. The van der Waals surface area contributed by atoms with E-state index in [9.17, 15) is 9.00 Å². The average Bonchev–Trinajstić information content (AvgIpc) is 2.48. The smallest absolute Gasteiger partial charge is 0.307 e. The summed E-state index contributed by atoms with van der Waals surface area (Å²) in [6.45, 7) is 0.420. The van der Waals surface area contributed by atoms with E-state index in [1.165, 1.54) is 0 Å². The standard InChI is InChI=1S/C16H16O4S/c17-16(18)10-13-6-8-15(9-7-13)21(19)12-20-11-14-4-2-1-3-5-14/h1-9H,10-12H2,(H,17,18). The number of carboxylic acids is 1. The van der Waals surface area contributed by atoms with E-state index in [0.29, 0.717) is 17.1 Å². The second kappa shape index (κ2) is 7.71. The van der Waals surface area contributed by atoms with Gasteiger partial charge < -0.3 is 9.84 Å². The normalized spacial score (nSPS) is 12.0. The molecule has 4 nitrogen and oxygen atoms in total. The van der Waals surface area contributed by atoms with Gasteiger partial charge in [0.25, 0.3) is 0 Å². The van der Waals surface area contributed by atoms with E-state index in [2.05, 4.69) is 0 Å². The first-order chi connectivity index (χ1) is 10.1. The third-order valence-corrected chi connectivity index (χ3v) is 4.02. The van der Waals surface area contributed by atoms with Gasteiger partial charge in [0.15, 0.2) is 0 Å². The summed E-state index contributed by atoms with van der Waals surface area (Å²) in [5.74, 6) is -0.761. The lowest BCUT2D eigenvalue weighted by Gasteiger charge is -2.05. The zero-order valence-corrected chi connectivity index (χ0v) is 12.2. The Morgan fingerprint density at radius 3 is 2.29 bits per heavy atom. The predicted octanol–water partition coefficient (Wildman–Crippen LogP) is 2.60. The average molecular weight is 304 g/mol. The molecule has 0 aliphatic rings. The Balaban J connectivity index is 1.84. The van der Waals surface area contributed by atoms with Gasteiger partial charge in [-0.1, -0.05) is 42.5 Å². The number of aliphatic carboxylic acids is 1. The van der Waals surface area contributed by atoms with Crippen LogP contribution in [-0.2, 0) is 33.4 Å². The van der Waals surface area contributed by atoms with Crippen LogP contribution in [0.5, 0.6) is 0 Å². The van der Waals surface area contributed by atoms with E-state index >= 15 is 0 Å². The highest BCUT2D eigenvalue weighted by molar-refractivity contribution is 7.84. The van der Waals surface area contributed by atoms with E-state index in [-0.39, 0.29) is 12.4 Å². The van der Waals surface area contributed by atoms with E-state index in [1.807, 2.05) is 30.3 Å². The summed E-state index contributed by atoms with van der Waals surface area (Å²) in [5.41, 5.74) is 1.72. The van der Waals surface area contributed by atoms with Crippen LogP contribution >= 0.6 is 0 Å². The van der Waals surface area contributed by atoms with Crippen molar-refractivity contribution >= 4 is 16.8 Å². The van der Waals surface area contributed by atoms with Crippen molar-refractivity contribution in [2.24, 2.45) is 0 Å². The topological polar surface area (TPSA) is 63.6 Å². The van der Waals surface area contributed by atoms with Crippen molar-refractivity contribution in [2.45, 2.75) is 17.9 Å². The molecular weight excluding hydrogens is 288 g/mol. The van der Waals surface area contributed by atoms with Crippen molar-refractivity contribution in [3.05, 3.63) is 65.7 Å². The van der Waals surface area contributed by atoms with Crippen molar-refractivity contribution in [3.8, 4) is 0 Å². The van der Waals surface area contributed by atoms with Crippen LogP contribution in [0.15, 0.2) is 59.5 Å². The number of carboxylic acid groups (broad SMARTS) is 1. The number of benzene rings is 2. The first-order valence-corrected chi connectivity index (χ1v) is 7.78. The van der Waals surface area contributed by atoms with Gasteiger partial charge in [-0.05, 0) is 23.3 Å². The molecule has 0 radical (unpaired) electrons. The van der Waals surface area contributed by atoms with Crippen LogP contribution in [0.4, 0.5) is 0 Å². The molecule has 110 valence electrons. The van der Waals surface area contributed by atoms with Crippen molar-refractivity contribution < 1.29 is 18.8 Å². The van der Waals surface area contributed by atoms with Gasteiger partial charge in [0, 0.05) is 4.90 Å². The number of rotatable bonds is 7. The molecule has 0 bridgehead atoms. The Morgan fingerprint density at radius 2 is 1.67 bits per heavy atom. The van der Waals surface area contributed by atoms with Crippen molar-refractivity contribution in [1.29, 1.82) is 0 Å². The molecule has 0 aliphatic heterocycles. The lowest BCUT2D eigenvalue weighted by molar-refractivity contribution is -0.136. The number of carbonyl (C=O) groups is 1. The van der Waals surface area contributed by atoms with Gasteiger partial charge >= 0.3 is 5.97 Å². The first kappa shape index (κ1) is 15.4. The lowest BCUT2D eigenvalue weighted by Crippen LogP contribution is -2.04. The van der Waals surface area contributed by atoms with Crippen LogP contribution in [0.3, 0.4) is 0 Å². The predicted molar refractivity (Wildman–Crippen MR) is 80.3 cm³/mol. The highest BCUT2D eigenvalue weighted by atomic mass is 32.2. The molecule has 2 aromatic carbocycles. The maximum atomic E-state index is 12.0. The van der Waals surface area contributed by atoms with Crippen LogP contribution in [0.1, 0.15) is 11.1 Å². The maximum absolute atomic E-state index is 12.0. The summed E-state index contributed by atoms with van der Waals surface area (Å²) in [7, 11) is -1.25. The summed E-state index contributed by atoms with van der Waals surface area (Å²) in [5, 5.41) is 8.69. The third kappa shape index (κ3) is 5.13. The van der Waals surface area contributed by atoms with Crippen molar-refractivity contribution in [2.75, 3.05) is 5.94 Å². The summed E-state index contributed by atoms with van der Waals surface area (Å²) in [6.07, 6.45) is -0.0303. The molecule has 0 amide bonds. The van der Waals surface area contributed by atoms with Crippen LogP contribution < -0.4 is 0 Å². The number of hydrogen-bond donors (Lipinski definition) is 1. The third-order valence-electron chi connectivity index (χ3n) is 2.84. The fraction of sp³-hybridized carbons (Fsp3) is 0.188. The molecule has 1 atom stereocenters. The quantitative estimate of drug-likeness (QED) is 0.854. The second-order valence-electron chi connectivity index (χ2n) is 4.51. The highest BCUT2D eigenvalue weighted by Crippen LogP contribution is 2.11. The zero-order chi connectivity index (χ0) is 15.1. The Labute approximate surface area is 125 Å². The fourth-order valence-corrected chi connectivity index (χ4v) is 2.62. The van der Waals surface area contributed by atoms with E-state index < -0.39 is 16.8 Å². The SMILES string of the molecule is O=C(O)Cc1ccc(S(=O)COCc2ccccc2)cc1. The lowest BCUT2D eigenvalue weighted by atomic mass is 10.2. The van der Waals surface area contributed by atoms with Gasteiger partial charge in [-0.3, -0.25) is 9.00 Å². The molecule has 0 spiro atoms. The maximum Gasteiger partial charge on any atom is 0.307 e. The Kier molecular flexibility index (Phi) is 5.66. The van der Waals surface area contributed by atoms with Gasteiger partial charge in [0.05, 0.1) is 23.8 Å². The number of ether oxygens (including phenoxy) is 1. The molecule has 0 saturated heterocycles. The largest absolute Gasteiger partial charge is 0.481 e. The molecule has 1 N–H and O–H groups in total. The molecule has 0 heterocycles. The molecular formula is C16H16O4S. The molecule has 1 unspecified atom stereocenters. The molecule has 5 heteroatoms. The van der Waals surface area contributed by atoms with Gasteiger partial charge in [-0.25, -0.2) is 0 Å². The molecule has 2 rings (SSSR count). The van der Waals surface area contributed by atoms with Crippen molar-refractivity contribution in [3.63, 3.8) is 0 Å². The molecule has 0 fully saturated rings. The molecule has 2 aromatic rings. The van der Waals surface area contributed by atoms with Crippen LogP contribution in [0, 0.1) is 0 Å². The van der Waals surface area contributed by atoms with Crippen molar-refractivity contribution in [1.82, 2.24) is 0 Å². The second-order valence-corrected chi connectivity index (χ2v) is 5.91. The zero-order valence-electron chi connectivity index (χ0n) is 11.4. The monoisotopic (exact) mass is 304 g/mol. The van der Waals surface area contributed by atoms with Gasteiger partial charge in [0.2, 0.25) is 0 Å². The minimum atomic E-state index is -1.25. The van der Waals surface area contributed by atoms with Gasteiger partial charge in [-0.15, -0.1) is 0 Å². The Hall–Kier alpha value is -1.98. The molecule has 0 aromatic heterocycles. The number of hydrogen-bond acceptors (Lipinski definition) is 3. The first-order valence-electron chi connectivity index (χ1n) is 6.46. The fourth-order valence-electron chi connectivity index (χ4n) is 1.81. The van der Waals surface area contributed by atoms with Crippen LogP contribution in [0.2, 0.25) is 0 Å². The summed E-state index contributed by atoms with van der Waals surface area (Å²) >= 11 is 0.